The SMILES string of the molecule is CCCC(C#N)C(=O)c1cc(C)c(Br)s1. The molecule has 80 valence electrons. The van der Waals surface area contributed by atoms with E-state index < -0.39 is 5.92 Å². The summed E-state index contributed by atoms with van der Waals surface area (Å²) in [5, 5.41) is 8.89. The summed E-state index contributed by atoms with van der Waals surface area (Å²) in [7, 11) is 0. The standard InChI is InChI=1S/C11H12BrNOS/c1-3-4-8(6-13)10(14)9-5-7(2)11(12)15-9/h5,8H,3-4H2,1-2H3. The van der Waals surface area contributed by atoms with E-state index in [2.05, 4.69) is 22.0 Å². The molecule has 0 aliphatic carbocycles. The van der Waals surface area contributed by atoms with Crippen molar-refractivity contribution in [1.82, 2.24) is 0 Å². The first-order valence-corrected chi connectivity index (χ1v) is 6.40. The molecular weight excluding hydrogens is 274 g/mol. The molecule has 0 spiro atoms. The average Bonchev–Trinajstić information content (AvgIpc) is 2.55. The van der Waals surface area contributed by atoms with E-state index in [0.717, 1.165) is 15.8 Å². The van der Waals surface area contributed by atoms with E-state index in [1.807, 2.05) is 19.9 Å². The molecule has 0 aliphatic heterocycles. The number of nitrogens with zero attached hydrogens (tertiary/aromatic N) is 1. The lowest BCUT2D eigenvalue weighted by molar-refractivity contribution is 0.0947. The normalized spacial score (nSPS) is 12.1. The van der Waals surface area contributed by atoms with Crippen LogP contribution in [0.2, 0.25) is 0 Å². The largest absolute Gasteiger partial charge is 0.292 e. The minimum Gasteiger partial charge on any atom is -0.292 e. The topological polar surface area (TPSA) is 40.9 Å². The van der Waals surface area contributed by atoms with Crippen molar-refractivity contribution in [3.05, 3.63) is 20.3 Å². The Kier molecular flexibility index (Phi) is 4.49. The minimum atomic E-state index is -0.486. The highest BCUT2D eigenvalue weighted by Gasteiger charge is 2.20. The number of hydrogen-bond donors (Lipinski definition) is 0. The zero-order valence-electron chi connectivity index (χ0n) is 8.71. The molecule has 0 saturated heterocycles. The van der Waals surface area contributed by atoms with E-state index in [-0.39, 0.29) is 5.78 Å². The molecule has 1 aromatic rings. The van der Waals surface area contributed by atoms with Gasteiger partial charge in [0.05, 0.1) is 14.7 Å². The van der Waals surface area contributed by atoms with Crippen LogP contribution < -0.4 is 0 Å². The number of rotatable bonds is 4. The highest BCUT2D eigenvalue weighted by Crippen LogP contribution is 2.29. The number of halogens is 1. The van der Waals surface area contributed by atoms with Crippen molar-refractivity contribution in [3.63, 3.8) is 0 Å². The molecule has 0 saturated carbocycles. The summed E-state index contributed by atoms with van der Waals surface area (Å²) >= 11 is 4.79. The molecule has 0 bridgehead atoms. The van der Waals surface area contributed by atoms with Gasteiger partial charge in [0.2, 0.25) is 0 Å². The molecule has 1 heterocycles. The van der Waals surface area contributed by atoms with Crippen molar-refractivity contribution in [2.75, 3.05) is 0 Å². The second kappa shape index (κ2) is 5.43. The molecule has 2 nitrogen and oxygen atoms in total. The van der Waals surface area contributed by atoms with Gasteiger partial charge in [-0.05, 0) is 40.9 Å². The van der Waals surface area contributed by atoms with E-state index in [9.17, 15) is 4.79 Å². The molecule has 4 heteroatoms. The monoisotopic (exact) mass is 285 g/mol. The van der Waals surface area contributed by atoms with E-state index in [0.29, 0.717) is 11.3 Å². The highest BCUT2D eigenvalue weighted by atomic mass is 79.9. The number of thiophene rings is 1. The maximum Gasteiger partial charge on any atom is 0.189 e. The summed E-state index contributed by atoms with van der Waals surface area (Å²) < 4.78 is 0.971. The van der Waals surface area contributed by atoms with Crippen LogP contribution in [0.4, 0.5) is 0 Å². The number of nitriles is 1. The predicted molar refractivity (Wildman–Crippen MR) is 65.1 cm³/mol. The van der Waals surface area contributed by atoms with Crippen molar-refractivity contribution in [1.29, 1.82) is 5.26 Å². The molecule has 1 unspecified atom stereocenters. The Morgan fingerprint density at radius 1 is 1.73 bits per heavy atom. The van der Waals surface area contributed by atoms with Crippen LogP contribution in [-0.4, -0.2) is 5.78 Å². The second-order valence-electron chi connectivity index (χ2n) is 3.40. The Labute approximate surface area is 102 Å². The summed E-state index contributed by atoms with van der Waals surface area (Å²) in [6.45, 7) is 3.92. The van der Waals surface area contributed by atoms with Crippen molar-refractivity contribution in [2.24, 2.45) is 5.92 Å². The van der Waals surface area contributed by atoms with Crippen LogP contribution >= 0.6 is 27.3 Å². The van der Waals surface area contributed by atoms with Gasteiger partial charge in [0.15, 0.2) is 5.78 Å². The number of aryl methyl sites for hydroxylation is 1. The van der Waals surface area contributed by atoms with E-state index in [1.165, 1.54) is 11.3 Å². The van der Waals surface area contributed by atoms with Gasteiger partial charge < -0.3 is 0 Å². The number of carbonyl (C=O) groups is 1. The smallest absolute Gasteiger partial charge is 0.189 e. The fourth-order valence-electron chi connectivity index (χ4n) is 1.30. The molecule has 0 aliphatic rings. The van der Waals surface area contributed by atoms with E-state index in [1.54, 1.807) is 0 Å². The lowest BCUT2D eigenvalue weighted by Gasteiger charge is -2.03. The first-order valence-electron chi connectivity index (χ1n) is 4.80. The van der Waals surface area contributed by atoms with Crippen LogP contribution in [0.1, 0.15) is 35.0 Å². The van der Waals surface area contributed by atoms with E-state index >= 15 is 0 Å². The van der Waals surface area contributed by atoms with Gasteiger partial charge >= 0.3 is 0 Å². The average molecular weight is 286 g/mol. The Bertz CT molecular complexity index is 386. The molecule has 0 radical (unpaired) electrons. The maximum absolute atomic E-state index is 11.9. The van der Waals surface area contributed by atoms with Gasteiger partial charge in [0.1, 0.15) is 5.92 Å². The van der Waals surface area contributed by atoms with Crippen LogP contribution in [0.5, 0.6) is 0 Å². The first-order chi connectivity index (χ1) is 7.10. The van der Waals surface area contributed by atoms with Gasteiger partial charge in [-0.1, -0.05) is 13.3 Å². The zero-order valence-corrected chi connectivity index (χ0v) is 11.1. The third-order valence-corrected chi connectivity index (χ3v) is 4.30. The third kappa shape index (κ3) is 2.90. The van der Waals surface area contributed by atoms with Crippen LogP contribution in [-0.2, 0) is 0 Å². The molecule has 15 heavy (non-hydrogen) atoms. The van der Waals surface area contributed by atoms with Crippen LogP contribution in [0, 0.1) is 24.2 Å². The molecule has 1 atom stereocenters. The lowest BCUT2D eigenvalue weighted by atomic mass is 9.99. The minimum absolute atomic E-state index is 0.0434. The van der Waals surface area contributed by atoms with E-state index in [4.69, 9.17) is 5.26 Å². The van der Waals surface area contributed by atoms with Gasteiger partial charge in [-0.2, -0.15) is 5.26 Å². The fraction of sp³-hybridized carbons (Fsp3) is 0.455. The number of hydrogen-bond acceptors (Lipinski definition) is 3. The van der Waals surface area contributed by atoms with Crippen molar-refractivity contribution < 1.29 is 4.79 Å². The van der Waals surface area contributed by atoms with Crippen molar-refractivity contribution in [3.8, 4) is 6.07 Å². The van der Waals surface area contributed by atoms with Crippen molar-refractivity contribution >= 4 is 33.0 Å². The Balaban J connectivity index is 2.89. The van der Waals surface area contributed by atoms with Crippen LogP contribution in [0.3, 0.4) is 0 Å². The molecular formula is C11H12BrNOS. The zero-order chi connectivity index (χ0) is 11.4. The molecule has 0 amide bonds. The fourth-order valence-corrected chi connectivity index (χ4v) is 2.83. The van der Waals surface area contributed by atoms with Gasteiger partial charge in [-0.15, -0.1) is 11.3 Å². The quantitative estimate of drug-likeness (QED) is 0.786. The van der Waals surface area contributed by atoms with Gasteiger partial charge in [0.25, 0.3) is 0 Å². The summed E-state index contributed by atoms with van der Waals surface area (Å²) in [5.41, 5.74) is 1.05. The summed E-state index contributed by atoms with van der Waals surface area (Å²) in [6, 6.07) is 3.92. The Morgan fingerprint density at radius 2 is 2.40 bits per heavy atom. The summed E-state index contributed by atoms with van der Waals surface area (Å²) in [5.74, 6) is -0.530. The third-order valence-electron chi connectivity index (χ3n) is 2.15. The van der Waals surface area contributed by atoms with Gasteiger partial charge in [-0.25, -0.2) is 0 Å². The first kappa shape index (κ1) is 12.4. The predicted octanol–water partition coefficient (Wildman–Crippen LogP) is 3.94. The Hall–Kier alpha value is -0.660. The Morgan fingerprint density at radius 3 is 2.80 bits per heavy atom. The van der Waals surface area contributed by atoms with Gasteiger partial charge in [-0.3, -0.25) is 4.79 Å². The van der Waals surface area contributed by atoms with Gasteiger partial charge in [0, 0.05) is 0 Å². The second-order valence-corrected chi connectivity index (χ2v) is 5.77. The summed E-state index contributed by atoms with van der Waals surface area (Å²) in [4.78, 5) is 12.6. The summed E-state index contributed by atoms with van der Waals surface area (Å²) in [6.07, 6.45) is 1.50. The highest BCUT2D eigenvalue weighted by molar-refractivity contribution is 9.11. The molecule has 0 aromatic carbocycles. The number of ketones is 1. The molecule has 1 aromatic heterocycles. The number of Topliss-reactive ketones (excluding diaryl/α,β-unsaturated/α-hetero) is 1. The van der Waals surface area contributed by atoms with Crippen LogP contribution in [0.15, 0.2) is 9.85 Å². The molecule has 0 N–H and O–H groups in total. The number of carbonyl (C=O) groups excluding carboxylic acids is 1. The van der Waals surface area contributed by atoms with Crippen molar-refractivity contribution in [2.45, 2.75) is 26.7 Å². The van der Waals surface area contributed by atoms with Crippen LogP contribution in [0.25, 0.3) is 0 Å². The molecule has 1 rings (SSSR count). The maximum atomic E-state index is 11.9. The lowest BCUT2D eigenvalue weighted by Crippen LogP contribution is -2.11. The molecule has 0 fully saturated rings.